The zero-order valence-electron chi connectivity index (χ0n) is 10.4. The van der Waals surface area contributed by atoms with Crippen LogP contribution in [-0.4, -0.2) is 31.4 Å². The predicted octanol–water partition coefficient (Wildman–Crippen LogP) is 2.07. The first kappa shape index (κ1) is 13.7. The van der Waals surface area contributed by atoms with Crippen molar-refractivity contribution in [1.82, 2.24) is 10.6 Å². The molecule has 1 saturated carbocycles. The molecule has 94 valence electrons. The van der Waals surface area contributed by atoms with Gasteiger partial charge in [-0.3, -0.25) is 0 Å². The van der Waals surface area contributed by atoms with Crippen LogP contribution >= 0.6 is 12.2 Å². The second kappa shape index (κ2) is 7.85. The van der Waals surface area contributed by atoms with Crippen LogP contribution in [0.2, 0.25) is 0 Å². The van der Waals surface area contributed by atoms with Gasteiger partial charge in [0.25, 0.3) is 0 Å². The molecule has 0 bridgehead atoms. The van der Waals surface area contributed by atoms with Crippen LogP contribution in [0.4, 0.5) is 0 Å². The quantitative estimate of drug-likeness (QED) is 0.506. The fourth-order valence-corrected chi connectivity index (χ4v) is 2.01. The number of rotatable bonds is 8. The molecule has 0 heterocycles. The second-order valence-corrected chi connectivity index (χ2v) is 4.94. The van der Waals surface area contributed by atoms with E-state index in [0.717, 1.165) is 37.0 Å². The summed E-state index contributed by atoms with van der Waals surface area (Å²) in [5.74, 6) is 0.953. The molecule has 0 saturated heterocycles. The minimum atomic E-state index is 0.551. The molecule has 4 heteroatoms. The lowest BCUT2D eigenvalue weighted by molar-refractivity contribution is 0.195. The summed E-state index contributed by atoms with van der Waals surface area (Å²) in [7, 11) is 1.72. The van der Waals surface area contributed by atoms with Crippen molar-refractivity contribution in [2.45, 2.75) is 45.1 Å². The van der Waals surface area contributed by atoms with Gasteiger partial charge in [0.05, 0.1) is 0 Å². The van der Waals surface area contributed by atoms with Crippen LogP contribution in [0.5, 0.6) is 0 Å². The molecular formula is C12H24N2OS. The van der Waals surface area contributed by atoms with E-state index in [1.165, 1.54) is 19.3 Å². The van der Waals surface area contributed by atoms with Crippen molar-refractivity contribution >= 4 is 17.3 Å². The molecule has 1 aliphatic rings. The smallest absolute Gasteiger partial charge is 0.166 e. The predicted molar refractivity (Wildman–Crippen MR) is 71.6 cm³/mol. The van der Waals surface area contributed by atoms with E-state index < -0.39 is 0 Å². The zero-order valence-corrected chi connectivity index (χ0v) is 11.2. The van der Waals surface area contributed by atoms with E-state index in [4.69, 9.17) is 17.0 Å². The summed E-state index contributed by atoms with van der Waals surface area (Å²) < 4.78 is 4.98. The van der Waals surface area contributed by atoms with Crippen molar-refractivity contribution in [2.75, 3.05) is 20.3 Å². The van der Waals surface area contributed by atoms with Crippen LogP contribution in [0.15, 0.2) is 0 Å². The summed E-state index contributed by atoms with van der Waals surface area (Å²) in [4.78, 5) is 0. The van der Waals surface area contributed by atoms with Gasteiger partial charge in [0.2, 0.25) is 0 Å². The lowest BCUT2D eigenvalue weighted by Crippen LogP contribution is -2.42. The molecule has 2 N–H and O–H groups in total. The monoisotopic (exact) mass is 244 g/mol. The van der Waals surface area contributed by atoms with Gasteiger partial charge in [0, 0.05) is 26.3 Å². The van der Waals surface area contributed by atoms with E-state index in [0.29, 0.717) is 6.04 Å². The Hall–Kier alpha value is -0.350. The zero-order chi connectivity index (χ0) is 11.8. The topological polar surface area (TPSA) is 33.3 Å². The summed E-state index contributed by atoms with van der Waals surface area (Å²) >= 11 is 5.26. The average molecular weight is 244 g/mol. The van der Waals surface area contributed by atoms with Crippen LogP contribution < -0.4 is 10.6 Å². The van der Waals surface area contributed by atoms with E-state index in [1.807, 2.05) is 0 Å². The van der Waals surface area contributed by atoms with Crippen molar-refractivity contribution in [3.8, 4) is 0 Å². The normalized spacial score (nSPS) is 16.9. The molecular weight excluding hydrogens is 220 g/mol. The Balaban J connectivity index is 2.05. The summed E-state index contributed by atoms with van der Waals surface area (Å²) in [5, 5.41) is 7.41. The van der Waals surface area contributed by atoms with Gasteiger partial charge in [-0.05, 0) is 37.4 Å². The molecule has 0 aromatic rings. The van der Waals surface area contributed by atoms with Gasteiger partial charge in [-0.1, -0.05) is 19.8 Å². The van der Waals surface area contributed by atoms with Gasteiger partial charge in [-0.25, -0.2) is 0 Å². The number of hydrogen-bond acceptors (Lipinski definition) is 2. The molecule has 0 aliphatic heterocycles. The van der Waals surface area contributed by atoms with Gasteiger partial charge >= 0.3 is 0 Å². The molecule has 0 spiro atoms. The van der Waals surface area contributed by atoms with Crippen molar-refractivity contribution in [1.29, 1.82) is 0 Å². The second-order valence-electron chi connectivity index (χ2n) is 4.53. The lowest BCUT2D eigenvalue weighted by atomic mass is 10.1. The van der Waals surface area contributed by atoms with Crippen LogP contribution in [0.1, 0.15) is 39.0 Å². The first-order valence-corrected chi connectivity index (χ1v) is 6.70. The summed E-state index contributed by atoms with van der Waals surface area (Å²) in [6, 6.07) is 0.551. The fourth-order valence-electron chi connectivity index (χ4n) is 1.74. The molecule has 1 rings (SSSR count). The molecule has 0 radical (unpaired) electrons. The van der Waals surface area contributed by atoms with E-state index >= 15 is 0 Å². The molecule has 16 heavy (non-hydrogen) atoms. The molecule has 0 amide bonds. The van der Waals surface area contributed by atoms with Crippen LogP contribution in [0, 0.1) is 5.92 Å². The SMILES string of the molecule is CCC(CC1CC1)NC(=S)NCCCOC. The minimum absolute atomic E-state index is 0.551. The highest BCUT2D eigenvalue weighted by molar-refractivity contribution is 7.80. The van der Waals surface area contributed by atoms with Crippen LogP contribution in [0.25, 0.3) is 0 Å². The van der Waals surface area contributed by atoms with Crippen molar-refractivity contribution < 1.29 is 4.74 Å². The Morgan fingerprint density at radius 1 is 1.50 bits per heavy atom. The first-order valence-electron chi connectivity index (χ1n) is 6.29. The highest BCUT2D eigenvalue weighted by Gasteiger charge is 2.24. The summed E-state index contributed by atoms with van der Waals surface area (Å²) in [6.07, 6.45) is 6.24. The number of ether oxygens (including phenoxy) is 1. The van der Waals surface area contributed by atoms with Gasteiger partial charge in [0.1, 0.15) is 0 Å². The van der Waals surface area contributed by atoms with Gasteiger partial charge < -0.3 is 15.4 Å². The number of hydrogen-bond donors (Lipinski definition) is 2. The first-order chi connectivity index (χ1) is 7.76. The Labute approximate surface area is 104 Å². The highest BCUT2D eigenvalue weighted by Crippen LogP contribution is 2.33. The maximum Gasteiger partial charge on any atom is 0.166 e. The molecule has 3 nitrogen and oxygen atoms in total. The molecule has 1 fully saturated rings. The summed E-state index contributed by atoms with van der Waals surface area (Å²) in [5.41, 5.74) is 0. The molecule has 0 aromatic heterocycles. The Bertz CT molecular complexity index is 207. The lowest BCUT2D eigenvalue weighted by Gasteiger charge is -2.19. The maximum atomic E-state index is 5.26. The van der Waals surface area contributed by atoms with Crippen molar-refractivity contribution in [3.63, 3.8) is 0 Å². The van der Waals surface area contributed by atoms with Crippen molar-refractivity contribution in [2.24, 2.45) is 5.92 Å². The number of methoxy groups -OCH3 is 1. The maximum absolute atomic E-state index is 5.26. The van der Waals surface area contributed by atoms with E-state index in [2.05, 4.69) is 17.6 Å². The average Bonchev–Trinajstić information content (AvgIpc) is 3.07. The highest BCUT2D eigenvalue weighted by atomic mass is 32.1. The molecule has 1 unspecified atom stereocenters. The van der Waals surface area contributed by atoms with Crippen molar-refractivity contribution in [3.05, 3.63) is 0 Å². The molecule has 1 aliphatic carbocycles. The Kier molecular flexibility index (Phi) is 6.73. The molecule has 1 atom stereocenters. The minimum Gasteiger partial charge on any atom is -0.385 e. The Morgan fingerprint density at radius 2 is 2.25 bits per heavy atom. The van der Waals surface area contributed by atoms with Gasteiger partial charge in [-0.15, -0.1) is 0 Å². The summed E-state index contributed by atoms with van der Waals surface area (Å²) in [6.45, 7) is 3.89. The largest absolute Gasteiger partial charge is 0.385 e. The van der Waals surface area contributed by atoms with E-state index in [-0.39, 0.29) is 0 Å². The third-order valence-corrected chi connectivity index (χ3v) is 3.22. The van der Waals surface area contributed by atoms with E-state index in [9.17, 15) is 0 Å². The number of thiocarbonyl (C=S) groups is 1. The number of nitrogens with one attached hydrogen (secondary N) is 2. The third-order valence-electron chi connectivity index (χ3n) is 2.95. The van der Waals surface area contributed by atoms with Gasteiger partial charge in [-0.2, -0.15) is 0 Å². The van der Waals surface area contributed by atoms with E-state index in [1.54, 1.807) is 7.11 Å². The van der Waals surface area contributed by atoms with Crippen LogP contribution in [0.3, 0.4) is 0 Å². The fraction of sp³-hybridized carbons (Fsp3) is 0.917. The standard InChI is InChI=1S/C12H24N2OS/c1-3-11(9-10-5-6-10)14-12(16)13-7-4-8-15-2/h10-11H,3-9H2,1-2H3,(H2,13,14,16). The van der Waals surface area contributed by atoms with Crippen LogP contribution in [-0.2, 0) is 4.74 Å². The van der Waals surface area contributed by atoms with Gasteiger partial charge in [0.15, 0.2) is 5.11 Å². The Morgan fingerprint density at radius 3 is 2.81 bits per heavy atom. The molecule has 0 aromatic carbocycles. The third kappa shape index (κ3) is 6.28.